The van der Waals surface area contributed by atoms with E-state index in [1.54, 1.807) is 6.07 Å². The van der Waals surface area contributed by atoms with Crippen molar-refractivity contribution in [2.75, 3.05) is 11.9 Å². The van der Waals surface area contributed by atoms with E-state index in [9.17, 15) is 14.7 Å². The minimum atomic E-state index is -2.00. The van der Waals surface area contributed by atoms with Gasteiger partial charge in [0.15, 0.2) is 5.60 Å². The summed E-state index contributed by atoms with van der Waals surface area (Å²) in [5.41, 5.74) is -0.315. The number of aliphatic hydroxyl groups is 1. The van der Waals surface area contributed by atoms with Crippen LogP contribution in [-0.4, -0.2) is 38.9 Å². The summed E-state index contributed by atoms with van der Waals surface area (Å²) in [6.45, 7) is 3.78. The summed E-state index contributed by atoms with van der Waals surface area (Å²) in [5, 5.41) is 24.3. The minimum absolute atomic E-state index is 0.386. The highest BCUT2D eigenvalue weighted by Gasteiger charge is 2.30. The van der Waals surface area contributed by atoms with Crippen LogP contribution in [0.5, 0.6) is 0 Å². The van der Waals surface area contributed by atoms with Crippen LogP contribution in [-0.2, 0) is 11.3 Å². The number of benzene rings is 1. The molecule has 0 bridgehead atoms. The number of nitrogens with zero attached hydrogens (tertiary/aromatic N) is 1. The van der Waals surface area contributed by atoms with E-state index in [-0.39, 0.29) is 6.54 Å². The molecule has 0 saturated carbocycles. The number of carboxylic acids is 1. The number of carbonyl (C=O) groups excluding carboxylic acids is 1. The normalized spacial score (nSPS) is 13.5. The number of hydrogen-bond donors (Lipinski definition) is 4. The third-order valence-electron chi connectivity index (χ3n) is 3.55. The van der Waals surface area contributed by atoms with E-state index < -0.39 is 17.6 Å². The van der Waals surface area contributed by atoms with E-state index >= 15 is 0 Å². The second-order valence-electron chi connectivity index (χ2n) is 5.67. The molecular formula is C16H21N3O4. The lowest BCUT2D eigenvalue weighted by Crippen LogP contribution is -2.47. The zero-order chi connectivity index (χ0) is 17.0. The van der Waals surface area contributed by atoms with E-state index in [0.717, 1.165) is 30.8 Å². The van der Waals surface area contributed by atoms with Gasteiger partial charge in [-0.3, -0.25) is 0 Å². The quantitative estimate of drug-likeness (QED) is 0.654. The van der Waals surface area contributed by atoms with E-state index in [1.165, 1.54) is 0 Å². The van der Waals surface area contributed by atoms with Gasteiger partial charge in [-0.05, 0) is 37.6 Å². The number of amides is 2. The Morgan fingerprint density at radius 2 is 2.04 bits per heavy atom. The van der Waals surface area contributed by atoms with Gasteiger partial charge in [0.05, 0.1) is 6.54 Å². The second kappa shape index (κ2) is 6.70. The summed E-state index contributed by atoms with van der Waals surface area (Å²) < 4.78 is 2.14. The molecule has 1 aromatic carbocycles. The summed E-state index contributed by atoms with van der Waals surface area (Å²) in [5.74, 6) is -1.39. The lowest BCUT2D eigenvalue weighted by atomic mass is 10.1. The molecular weight excluding hydrogens is 298 g/mol. The van der Waals surface area contributed by atoms with Crippen molar-refractivity contribution < 1.29 is 19.8 Å². The molecule has 4 N–H and O–H groups in total. The molecule has 1 heterocycles. The monoisotopic (exact) mass is 319 g/mol. The van der Waals surface area contributed by atoms with Crippen molar-refractivity contribution in [3.63, 3.8) is 0 Å². The van der Waals surface area contributed by atoms with Gasteiger partial charge in [0.25, 0.3) is 0 Å². The van der Waals surface area contributed by atoms with Crippen molar-refractivity contribution in [2.24, 2.45) is 0 Å². The van der Waals surface area contributed by atoms with Crippen molar-refractivity contribution in [1.29, 1.82) is 0 Å². The average molecular weight is 319 g/mol. The number of urea groups is 1. The molecule has 2 amide bonds. The summed E-state index contributed by atoms with van der Waals surface area (Å²) >= 11 is 0. The predicted molar refractivity (Wildman–Crippen MR) is 87.5 cm³/mol. The van der Waals surface area contributed by atoms with E-state index in [0.29, 0.717) is 5.69 Å². The number of hydrogen-bond acceptors (Lipinski definition) is 3. The fourth-order valence-corrected chi connectivity index (χ4v) is 2.22. The van der Waals surface area contributed by atoms with Gasteiger partial charge in [-0.1, -0.05) is 6.92 Å². The van der Waals surface area contributed by atoms with Crippen LogP contribution in [0.25, 0.3) is 10.9 Å². The molecule has 0 spiro atoms. The Labute approximate surface area is 133 Å². The first-order valence-corrected chi connectivity index (χ1v) is 7.43. The zero-order valence-electron chi connectivity index (χ0n) is 13.2. The van der Waals surface area contributed by atoms with Gasteiger partial charge in [-0.25, -0.2) is 9.59 Å². The highest BCUT2D eigenvalue weighted by Crippen LogP contribution is 2.20. The third-order valence-corrected chi connectivity index (χ3v) is 3.55. The molecule has 1 unspecified atom stereocenters. The van der Waals surface area contributed by atoms with Crippen LogP contribution in [0.2, 0.25) is 0 Å². The Bertz CT molecular complexity index is 721. The number of aryl methyl sites for hydroxylation is 1. The minimum Gasteiger partial charge on any atom is -0.479 e. The lowest BCUT2D eigenvalue weighted by molar-refractivity contribution is -0.155. The van der Waals surface area contributed by atoms with Gasteiger partial charge in [-0.2, -0.15) is 0 Å². The predicted octanol–water partition coefficient (Wildman–Crippen LogP) is 2.01. The molecule has 23 heavy (non-hydrogen) atoms. The van der Waals surface area contributed by atoms with Crippen molar-refractivity contribution in [3.8, 4) is 0 Å². The highest BCUT2D eigenvalue weighted by atomic mass is 16.4. The smallest absolute Gasteiger partial charge is 0.337 e. The van der Waals surface area contributed by atoms with Crippen LogP contribution in [0.1, 0.15) is 20.3 Å². The van der Waals surface area contributed by atoms with E-state index in [1.807, 2.05) is 24.4 Å². The molecule has 0 fully saturated rings. The maximum absolute atomic E-state index is 11.8. The van der Waals surface area contributed by atoms with Gasteiger partial charge in [0.1, 0.15) is 0 Å². The number of carbonyl (C=O) groups is 2. The van der Waals surface area contributed by atoms with Crippen molar-refractivity contribution in [1.82, 2.24) is 9.88 Å². The fraction of sp³-hybridized carbons (Fsp3) is 0.375. The van der Waals surface area contributed by atoms with Gasteiger partial charge in [0, 0.05) is 29.3 Å². The molecule has 1 atom stereocenters. The van der Waals surface area contributed by atoms with Crippen molar-refractivity contribution in [3.05, 3.63) is 30.5 Å². The Balaban J connectivity index is 2.01. The summed E-state index contributed by atoms with van der Waals surface area (Å²) in [7, 11) is 0. The number of fused-ring (bicyclic) bond motifs is 1. The summed E-state index contributed by atoms with van der Waals surface area (Å²) in [6, 6.07) is 6.95. The average Bonchev–Trinajstić information content (AvgIpc) is 2.88. The van der Waals surface area contributed by atoms with Gasteiger partial charge in [0.2, 0.25) is 0 Å². The maximum Gasteiger partial charge on any atom is 0.337 e. The zero-order valence-corrected chi connectivity index (χ0v) is 13.2. The van der Waals surface area contributed by atoms with Crippen LogP contribution in [0.4, 0.5) is 10.5 Å². The molecule has 0 aliphatic carbocycles. The van der Waals surface area contributed by atoms with Crippen LogP contribution in [0.3, 0.4) is 0 Å². The molecule has 0 saturated heterocycles. The molecule has 0 aliphatic heterocycles. The van der Waals surface area contributed by atoms with E-state index in [4.69, 9.17) is 5.11 Å². The number of aromatic nitrogens is 1. The van der Waals surface area contributed by atoms with Gasteiger partial charge in [-0.15, -0.1) is 0 Å². The number of aliphatic carboxylic acids is 1. The number of rotatable bonds is 6. The summed E-state index contributed by atoms with van der Waals surface area (Å²) in [4.78, 5) is 22.6. The largest absolute Gasteiger partial charge is 0.479 e. The number of carboxylic acid groups (broad SMARTS) is 1. The van der Waals surface area contributed by atoms with Crippen LogP contribution < -0.4 is 10.6 Å². The van der Waals surface area contributed by atoms with Crippen molar-refractivity contribution >= 4 is 28.6 Å². The molecule has 1 aromatic heterocycles. The Hall–Kier alpha value is -2.54. The first-order valence-electron chi connectivity index (χ1n) is 7.43. The molecule has 2 aromatic rings. The topological polar surface area (TPSA) is 104 Å². The Kier molecular flexibility index (Phi) is 4.90. The first-order chi connectivity index (χ1) is 10.8. The SMILES string of the molecule is CCCn1ccc2cc(NC(=O)NCC(C)(O)C(=O)O)ccc21. The number of nitrogens with one attached hydrogen (secondary N) is 2. The molecule has 0 aliphatic rings. The standard InChI is InChI=1S/C16H21N3O4/c1-3-7-19-8-6-11-9-12(4-5-13(11)19)18-15(22)17-10-16(2,23)14(20)21/h4-6,8-9,23H,3,7,10H2,1-2H3,(H,20,21)(H2,17,18,22). The Morgan fingerprint density at radius 1 is 1.30 bits per heavy atom. The van der Waals surface area contributed by atoms with Crippen LogP contribution in [0, 0.1) is 0 Å². The maximum atomic E-state index is 11.8. The van der Waals surface area contributed by atoms with E-state index in [2.05, 4.69) is 22.1 Å². The highest BCUT2D eigenvalue weighted by molar-refractivity contribution is 5.93. The number of anilines is 1. The van der Waals surface area contributed by atoms with Gasteiger partial charge >= 0.3 is 12.0 Å². The first kappa shape index (κ1) is 16.8. The third kappa shape index (κ3) is 4.01. The second-order valence-corrected chi connectivity index (χ2v) is 5.67. The molecule has 124 valence electrons. The fourth-order valence-electron chi connectivity index (χ4n) is 2.22. The van der Waals surface area contributed by atoms with Gasteiger partial charge < -0.3 is 25.4 Å². The van der Waals surface area contributed by atoms with Crippen LogP contribution in [0.15, 0.2) is 30.5 Å². The molecule has 7 heteroatoms. The van der Waals surface area contributed by atoms with Crippen LogP contribution >= 0.6 is 0 Å². The summed E-state index contributed by atoms with van der Waals surface area (Å²) in [6.07, 6.45) is 3.04. The lowest BCUT2D eigenvalue weighted by Gasteiger charge is -2.18. The van der Waals surface area contributed by atoms with Crippen molar-refractivity contribution in [2.45, 2.75) is 32.4 Å². The Morgan fingerprint density at radius 3 is 2.70 bits per heavy atom. The molecule has 0 radical (unpaired) electrons. The molecule has 2 rings (SSSR count). The molecule has 7 nitrogen and oxygen atoms in total.